The van der Waals surface area contributed by atoms with Crippen LogP contribution in [0.25, 0.3) is 0 Å². The Labute approximate surface area is 203 Å². The first-order valence-corrected chi connectivity index (χ1v) is 10.7. The van der Waals surface area contributed by atoms with Gasteiger partial charge in [-0.15, -0.1) is 0 Å². The summed E-state index contributed by atoms with van der Waals surface area (Å²) in [5.74, 6) is -0.587. The molecule has 0 aliphatic heterocycles. The summed E-state index contributed by atoms with van der Waals surface area (Å²) in [5, 5.41) is 8.94. The monoisotopic (exact) mass is 528 g/mol. The molecular weight excluding hydrogens is 508 g/mol. The minimum atomic E-state index is -0.957. The SMILES string of the molecule is COc1ccc(NC(=O)C(=O)N/N=C\c2cc(Br)ccc2OCC(=O)NCc2ccco2)cc1. The number of carbonyl (C=O) groups is 3. The molecule has 3 amide bonds. The summed E-state index contributed by atoms with van der Waals surface area (Å²) in [5.41, 5.74) is 3.06. The van der Waals surface area contributed by atoms with Gasteiger partial charge in [-0.05, 0) is 54.6 Å². The van der Waals surface area contributed by atoms with Crippen LogP contribution in [0.1, 0.15) is 11.3 Å². The molecule has 2 aromatic carbocycles. The zero-order valence-corrected chi connectivity index (χ0v) is 19.6. The molecule has 0 bridgehead atoms. The minimum absolute atomic E-state index is 0.236. The van der Waals surface area contributed by atoms with Crippen LogP contribution in [0.2, 0.25) is 0 Å². The van der Waals surface area contributed by atoms with E-state index in [2.05, 4.69) is 37.1 Å². The number of amides is 3. The third-order valence-electron chi connectivity index (χ3n) is 4.29. The van der Waals surface area contributed by atoms with E-state index in [1.165, 1.54) is 19.6 Å². The van der Waals surface area contributed by atoms with Crippen molar-refractivity contribution in [2.45, 2.75) is 6.54 Å². The third kappa shape index (κ3) is 7.48. The van der Waals surface area contributed by atoms with Crippen molar-refractivity contribution in [3.8, 4) is 11.5 Å². The zero-order chi connectivity index (χ0) is 24.3. The Kier molecular flexibility index (Phi) is 8.81. The van der Waals surface area contributed by atoms with E-state index in [4.69, 9.17) is 13.9 Å². The van der Waals surface area contributed by atoms with Gasteiger partial charge in [-0.3, -0.25) is 14.4 Å². The molecule has 0 radical (unpaired) electrons. The zero-order valence-electron chi connectivity index (χ0n) is 18.0. The second kappa shape index (κ2) is 12.2. The first-order chi connectivity index (χ1) is 16.4. The number of anilines is 1. The van der Waals surface area contributed by atoms with Gasteiger partial charge in [-0.1, -0.05) is 15.9 Å². The molecule has 11 heteroatoms. The van der Waals surface area contributed by atoms with Gasteiger partial charge < -0.3 is 24.5 Å². The van der Waals surface area contributed by atoms with Crippen molar-refractivity contribution >= 4 is 45.6 Å². The highest BCUT2D eigenvalue weighted by molar-refractivity contribution is 9.10. The average molecular weight is 529 g/mol. The van der Waals surface area contributed by atoms with E-state index in [-0.39, 0.29) is 19.1 Å². The standard InChI is InChI=1S/C23H21BrN4O6/c1-32-18-7-5-17(6-8-18)27-22(30)23(31)28-26-12-15-11-16(24)4-9-20(15)34-14-21(29)25-13-19-3-2-10-33-19/h2-12H,13-14H2,1H3,(H,25,29)(H,27,30)(H,28,31)/b26-12-. The topological polar surface area (TPSA) is 131 Å². The molecule has 1 aromatic heterocycles. The van der Waals surface area contributed by atoms with Crippen molar-refractivity contribution in [3.63, 3.8) is 0 Å². The summed E-state index contributed by atoms with van der Waals surface area (Å²) >= 11 is 3.35. The summed E-state index contributed by atoms with van der Waals surface area (Å²) in [6.07, 6.45) is 2.83. The number of hydrogen-bond acceptors (Lipinski definition) is 7. The Hall–Kier alpha value is -4.12. The van der Waals surface area contributed by atoms with Crippen molar-refractivity contribution in [2.75, 3.05) is 19.0 Å². The highest BCUT2D eigenvalue weighted by atomic mass is 79.9. The maximum Gasteiger partial charge on any atom is 0.329 e. The third-order valence-corrected chi connectivity index (χ3v) is 4.79. The Morgan fingerprint density at radius 3 is 2.59 bits per heavy atom. The largest absolute Gasteiger partial charge is 0.497 e. The number of nitrogens with one attached hydrogen (secondary N) is 3. The van der Waals surface area contributed by atoms with Crippen LogP contribution >= 0.6 is 15.9 Å². The van der Waals surface area contributed by atoms with E-state index in [1.54, 1.807) is 54.6 Å². The molecule has 0 saturated carbocycles. The summed E-state index contributed by atoms with van der Waals surface area (Å²) in [6.45, 7) is 0.00821. The Balaban J connectivity index is 1.52. The molecule has 0 fully saturated rings. The average Bonchev–Trinajstić information content (AvgIpc) is 3.36. The van der Waals surface area contributed by atoms with E-state index in [1.807, 2.05) is 0 Å². The molecule has 3 aromatic rings. The van der Waals surface area contributed by atoms with Gasteiger partial charge in [0.25, 0.3) is 5.91 Å². The van der Waals surface area contributed by atoms with Gasteiger partial charge in [0.15, 0.2) is 6.61 Å². The van der Waals surface area contributed by atoms with E-state index in [9.17, 15) is 14.4 Å². The maximum absolute atomic E-state index is 12.0. The Morgan fingerprint density at radius 2 is 1.88 bits per heavy atom. The highest BCUT2D eigenvalue weighted by Crippen LogP contribution is 2.22. The number of carbonyl (C=O) groups excluding carboxylic acids is 3. The molecule has 0 atom stereocenters. The lowest BCUT2D eigenvalue weighted by atomic mass is 10.2. The first kappa shape index (κ1) is 24.5. The predicted molar refractivity (Wildman–Crippen MR) is 128 cm³/mol. The van der Waals surface area contributed by atoms with Gasteiger partial charge in [-0.25, -0.2) is 5.43 Å². The van der Waals surface area contributed by atoms with Crippen molar-refractivity contribution in [1.82, 2.24) is 10.7 Å². The van der Waals surface area contributed by atoms with E-state index in [0.717, 1.165) is 4.47 Å². The van der Waals surface area contributed by atoms with Crippen molar-refractivity contribution in [2.24, 2.45) is 5.10 Å². The summed E-state index contributed by atoms with van der Waals surface area (Å²) in [6, 6.07) is 15.0. The van der Waals surface area contributed by atoms with Crippen LogP contribution in [0.5, 0.6) is 11.5 Å². The highest BCUT2D eigenvalue weighted by Gasteiger charge is 2.13. The Bertz CT molecular complexity index is 1160. The van der Waals surface area contributed by atoms with Crippen LogP contribution in [-0.2, 0) is 20.9 Å². The number of ether oxygens (including phenoxy) is 2. The van der Waals surface area contributed by atoms with Gasteiger partial charge in [0.1, 0.15) is 17.3 Å². The lowest BCUT2D eigenvalue weighted by Gasteiger charge is -2.10. The smallest absolute Gasteiger partial charge is 0.329 e. The number of hydrazone groups is 1. The summed E-state index contributed by atoms with van der Waals surface area (Å²) in [7, 11) is 1.53. The summed E-state index contributed by atoms with van der Waals surface area (Å²) in [4.78, 5) is 36.1. The molecule has 1 heterocycles. The molecule has 176 valence electrons. The molecule has 3 rings (SSSR count). The van der Waals surface area contributed by atoms with Gasteiger partial charge in [0.05, 0.1) is 26.1 Å². The van der Waals surface area contributed by atoms with E-state index < -0.39 is 11.8 Å². The number of furan rings is 1. The fraction of sp³-hybridized carbons (Fsp3) is 0.130. The van der Waals surface area contributed by atoms with Gasteiger partial charge >= 0.3 is 11.8 Å². The second-order valence-corrected chi connectivity index (χ2v) is 7.62. The molecule has 0 aliphatic carbocycles. The van der Waals surface area contributed by atoms with Gasteiger partial charge in [0, 0.05) is 15.7 Å². The quantitative estimate of drug-likeness (QED) is 0.222. The maximum atomic E-state index is 12.0. The van der Waals surface area contributed by atoms with Crippen LogP contribution in [0.15, 0.2) is 74.9 Å². The number of rotatable bonds is 9. The fourth-order valence-electron chi connectivity index (χ4n) is 2.62. The van der Waals surface area contributed by atoms with Crippen molar-refractivity contribution in [3.05, 3.63) is 76.7 Å². The number of hydrogen-bond donors (Lipinski definition) is 3. The number of methoxy groups -OCH3 is 1. The van der Waals surface area contributed by atoms with Gasteiger partial charge in [-0.2, -0.15) is 5.10 Å². The first-order valence-electron chi connectivity index (χ1n) is 9.94. The van der Waals surface area contributed by atoms with Crippen molar-refractivity contribution < 1.29 is 28.3 Å². The number of halogens is 1. The predicted octanol–water partition coefficient (Wildman–Crippen LogP) is 2.83. The van der Waals surface area contributed by atoms with E-state index in [0.29, 0.717) is 28.5 Å². The normalized spacial score (nSPS) is 10.5. The lowest BCUT2D eigenvalue weighted by Crippen LogP contribution is -2.32. The second-order valence-electron chi connectivity index (χ2n) is 6.71. The summed E-state index contributed by atoms with van der Waals surface area (Å²) < 4.78 is 16.5. The molecule has 0 unspecified atom stereocenters. The van der Waals surface area contributed by atoms with E-state index >= 15 is 0 Å². The molecule has 3 N–H and O–H groups in total. The minimum Gasteiger partial charge on any atom is -0.497 e. The molecule has 0 spiro atoms. The molecular formula is C23H21BrN4O6. The van der Waals surface area contributed by atoms with Crippen LogP contribution in [0.3, 0.4) is 0 Å². The number of benzene rings is 2. The molecule has 0 aliphatic rings. The van der Waals surface area contributed by atoms with Crippen LogP contribution in [-0.4, -0.2) is 37.7 Å². The van der Waals surface area contributed by atoms with Crippen molar-refractivity contribution in [1.29, 1.82) is 0 Å². The molecule has 34 heavy (non-hydrogen) atoms. The number of nitrogens with zero attached hydrogens (tertiary/aromatic N) is 1. The lowest BCUT2D eigenvalue weighted by molar-refractivity contribution is -0.136. The Morgan fingerprint density at radius 1 is 1.09 bits per heavy atom. The molecule has 10 nitrogen and oxygen atoms in total. The molecule has 0 saturated heterocycles. The van der Waals surface area contributed by atoms with Crippen LogP contribution in [0, 0.1) is 0 Å². The fourth-order valence-corrected chi connectivity index (χ4v) is 3.00. The van der Waals surface area contributed by atoms with Gasteiger partial charge in [0.2, 0.25) is 0 Å². The van der Waals surface area contributed by atoms with Crippen LogP contribution in [0.4, 0.5) is 5.69 Å². The van der Waals surface area contributed by atoms with Crippen LogP contribution < -0.4 is 25.5 Å².